The van der Waals surface area contributed by atoms with Gasteiger partial charge in [-0.3, -0.25) is 4.79 Å². The van der Waals surface area contributed by atoms with Gasteiger partial charge < -0.3 is 15.2 Å². The smallest absolute Gasteiger partial charge is 0.183 e. The molecular weight excluding hydrogens is 230 g/mol. The van der Waals surface area contributed by atoms with Gasteiger partial charge in [0.1, 0.15) is 11.5 Å². The van der Waals surface area contributed by atoms with E-state index >= 15 is 0 Å². The van der Waals surface area contributed by atoms with Crippen molar-refractivity contribution >= 4 is 5.78 Å². The predicted molar refractivity (Wildman–Crippen MR) is 69.2 cm³/mol. The predicted octanol–water partition coefficient (Wildman–Crippen LogP) is 2.11. The Kier molecular flexibility index (Phi) is 3.87. The van der Waals surface area contributed by atoms with Crippen molar-refractivity contribution in [2.75, 3.05) is 6.54 Å². The second-order valence-electron chi connectivity index (χ2n) is 4.86. The Morgan fingerprint density at radius 3 is 2.89 bits per heavy atom. The molecule has 1 unspecified atom stereocenters. The molecule has 1 fully saturated rings. The van der Waals surface area contributed by atoms with Gasteiger partial charge in [-0.25, -0.2) is 0 Å². The highest BCUT2D eigenvalue weighted by Gasteiger charge is 2.25. The third-order valence-electron chi connectivity index (χ3n) is 2.98. The van der Waals surface area contributed by atoms with Crippen LogP contribution >= 0.6 is 0 Å². The van der Waals surface area contributed by atoms with Gasteiger partial charge in [0.15, 0.2) is 5.78 Å². The number of phenols is 1. The Bertz CT molecular complexity index is 437. The second-order valence-corrected chi connectivity index (χ2v) is 4.86. The summed E-state index contributed by atoms with van der Waals surface area (Å²) in [6, 6.07) is 4.64. The molecule has 0 aliphatic carbocycles. The summed E-state index contributed by atoms with van der Waals surface area (Å²) in [6.07, 6.45) is 1.87. The monoisotopic (exact) mass is 249 g/mol. The fourth-order valence-corrected chi connectivity index (χ4v) is 2.15. The normalized spacial score (nSPS) is 19.2. The van der Waals surface area contributed by atoms with Crippen molar-refractivity contribution in [3.05, 3.63) is 23.8 Å². The molecule has 98 valence electrons. The van der Waals surface area contributed by atoms with Crippen molar-refractivity contribution in [2.45, 2.75) is 38.8 Å². The van der Waals surface area contributed by atoms with E-state index in [1.807, 2.05) is 13.8 Å². The Hall–Kier alpha value is -1.55. The van der Waals surface area contributed by atoms with E-state index in [2.05, 4.69) is 5.32 Å². The number of aromatic hydroxyl groups is 1. The molecule has 0 amide bonds. The number of hydrogen-bond acceptors (Lipinski definition) is 4. The molecule has 0 saturated carbocycles. The van der Waals surface area contributed by atoms with Crippen LogP contribution in [0.25, 0.3) is 0 Å². The standard InChI is InChI=1S/C14H19NO3/c1-9(2)18-10-5-6-13(16)11(8-10)14(17)12-4-3-7-15-12/h5-6,8-9,12,15-16H,3-4,7H2,1-2H3. The Labute approximate surface area is 107 Å². The first-order valence-electron chi connectivity index (χ1n) is 6.35. The Morgan fingerprint density at radius 1 is 1.50 bits per heavy atom. The zero-order chi connectivity index (χ0) is 13.1. The average Bonchev–Trinajstić information content (AvgIpc) is 2.83. The first kappa shape index (κ1) is 12.9. The summed E-state index contributed by atoms with van der Waals surface area (Å²) in [5.41, 5.74) is 0.340. The van der Waals surface area contributed by atoms with Crippen molar-refractivity contribution in [1.29, 1.82) is 0 Å². The van der Waals surface area contributed by atoms with Crippen LogP contribution in [0.5, 0.6) is 11.5 Å². The molecule has 4 nitrogen and oxygen atoms in total. The number of ketones is 1. The lowest BCUT2D eigenvalue weighted by Crippen LogP contribution is -2.30. The third-order valence-corrected chi connectivity index (χ3v) is 2.98. The van der Waals surface area contributed by atoms with Crippen molar-refractivity contribution in [2.24, 2.45) is 0 Å². The molecule has 0 aromatic heterocycles. The quantitative estimate of drug-likeness (QED) is 0.802. The molecular formula is C14H19NO3. The Morgan fingerprint density at radius 2 is 2.28 bits per heavy atom. The summed E-state index contributed by atoms with van der Waals surface area (Å²) < 4.78 is 5.54. The van der Waals surface area contributed by atoms with Crippen molar-refractivity contribution in [1.82, 2.24) is 5.32 Å². The highest BCUT2D eigenvalue weighted by atomic mass is 16.5. The topological polar surface area (TPSA) is 58.6 Å². The second kappa shape index (κ2) is 5.40. The number of ether oxygens (including phenoxy) is 1. The number of phenolic OH excluding ortho intramolecular Hbond substituents is 1. The number of carbonyl (C=O) groups is 1. The van der Waals surface area contributed by atoms with Gasteiger partial charge in [0, 0.05) is 0 Å². The number of hydrogen-bond donors (Lipinski definition) is 2. The van der Waals surface area contributed by atoms with Crippen LogP contribution in [0.4, 0.5) is 0 Å². The number of nitrogens with one attached hydrogen (secondary N) is 1. The molecule has 0 bridgehead atoms. The number of Topliss-reactive ketones (excluding diaryl/α,β-unsaturated/α-hetero) is 1. The molecule has 0 radical (unpaired) electrons. The lowest BCUT2D eigenvalue weighted by atomic mass is 10.0. The van der Waals surface area contributed by atoms with Gasteiger partial charge in [0.2, 0.25) is 0 Å². The van der Waals surface area contributed by atoms with E-state index in [0.29, 0.717) is 11.3 Å². The first-order chi connectivity index (χ1) is 8.58. The van der Waals surface area contributed by atoms with Crippen LogP contribution in [0, 0.1) is 0 Å². The molecule has 1 aliphatic heterocycles. The highest BCUT2D eigenvalue weighted by molar-refractivity contribution is 6.02. The molecule has 0 spiro atoms. The Balaban J connectivity index is 2.22. The summed E-state index contributed by atoms with van der Waals surface area (Å²) in [6.45, 7) is 4.71. The largest absolute Gasteiger partial charge is 0.507 e. The van der Waals surface area contributed by atoms with E-state index in [4.69, 9.17) is 4.74 Å². The van der Waals surface area contributed by atoms with Crippen LogP contribution in [-0.2, 0) is 0 Å². The molecule has 18 heavy (non-hydrogen) atoms. The minimum Gasteiger partial charge on any atom is -0.507 e. The van der Waals surface area contributed by atoms with Crippen molar-refractivity contribution in [3.63, 3.8) is 0 Å². The van der Waals surface area contributed by atoms with Gasteiger partial charge in [-0.05, 0) is 51.4 Å². The molecule has 2 rings (SSSR count). The fourth-order valence-electron chi connectivity index (χ4n) is 2.15. The van der Waals surface area contributed by atoms with Gasteiger partial charge >= 0.3 is 0 Å². The lowest BCUT2D eigenvalue weighted by molar-refractivity contribution is 0.0949. The van der Waals surface area contributed by atoms with E-state index in [1.165, 1.54) is 6.07 Å². The van der Waals surface area contributed by atoms with E-state index < -0.39 is 0 Å². The first-order valence-corrected chi connectivity index (χ1v) is 6.35. The SMILES string of the molecule is CC(C)Oc1ccc(O)c(C(=O)C2CCCN2)c1. The maximum Gasteiger partial charge on any atom is 0.183 e. The molecule has 1 saturated heterocycles. The highest BCUT2D eigenvalue weighted by Crippen LogP contribution is 2.26. The maximum absolute atomic E-state index is 12.2. The summed E-state index contributed by atoms with van der Waals surface area (Å²) in [7, 11) is 0. The van der Waals surface area contributed by atoms with E-state index in [1.54, 1.807) is 12.1 Å². The number of carbonyl (C=O) groups excluding carboxylic acids is 1. The van der Waals surface area contributed by atoms with Gasteiger partial charge in [-0.2, -0.15) is 0 Å². The van der Waals surface area contributed by atoms with E-state index in [9.17, 15) is 9.90 Å². The molecule has 1 aromatic carbocycles. The van der Waals surface area contributed by atoms with Gasteiger partial charge in [0.05, 0.1) is 17.7 Å². The average molecular weight is 249 g/mol. The van der Waals surface area contributed by atoms with Crippen LogP contribution in [0.1, 0.15) is 37.0 Å². The van der Waals surface area contributed by atoms with Gasteiger partial charge in [-0.15, -0.1) is 0 Å². The van der Waals surface area contributed by atoms with Crippen LogP contribution in [0.15, 0.2) is 18.2 Å². The number of rotatable bonds is 4. The van der Waals surface area contributed by atoms with Gasteiger partial charge in [0.25, 0.3) is 0 Å². The molecule has 1 heterocycles. The van der Waals surface area contributed by atoms with Crippen molar-refractivity contribution < 1.29 is 14.6 Å². The van der Waals surface area contributed by atoms with Crippen LogP contribution in [-0.4, -0.2) is 29.6 Å². The summed E-state index contributed by atoms with van der Waals surface area (Å²) >= 11 is 0. The zero-order valence-electron chi connectivity index (χ0n) is 10.8. The van der Waals surface area contributed by atoms with Gasteiger partial charge in [-0.1, -0.05) is 0 Å². The summed E-state index contributed by atoms with van der Waals surface area (Å²) in [4.78, 5) is 12.2. The minimum atomic E-state index is -0.176. The maximum atomic E-state index is 12.2. The zero-order valence-corrected chi connectivity index (χ0v) is 10.8. The molecule has 1 aliphatic rings. The summed E-state index contributed by atoms with van der Waals surface area (Å²) in [5, 5.41) is 12.9. The fraction of sp³-hybridized carbons (Fsp3) is 0.500. The molecule has 2 N–H and O–H groups in total. The van der Waals surface area contributed by atoms with E-state index in [-0.39, 0.29) is 23.7 Å². The molecule has 4 heteroatoms. The van der Waals surface area contributed by atoms with Crippen LogP contribution in [0.3, 0.4) is 0 Å². The molecule has 1 aromatic rings. The van der Waals surface area contributed by atoms with Crippen LogP contribution < -0.4 is 10.1 Å². The molecule has 1 atom stereocenters. The minimum absolute atomic E-state index is 0.0183. The lowest BCUT2D eigenvalue weighted by Gasteiger charge is -2.14. The number of benzene rings is 1. The van der Waals surface area contributed by atoms with Crippen molar-refractivity contribution in [3.8, 4) is 11.5 Å². The summed E-state index contributed by atoms with van der Waals surface area (Å²) in [5.74, 6) is 0.577. The van der Waals surface area contributed by atoms with E-state index in [0.717, 1.165) is 19.4 Å². The third kappa shape index (κ3) is 2.82. The van der Waals surface area contributed by atoms with Crippen LogP contribution in [0.2, 0.25) is 0 Å².